The number of allylic oxidation sites excluding steroid dienone is 2. The molecular weight excluding hydrogens is 308 g/mol. The second kappa shape index (κ2) is 17.8. The third kappa shape index (κ3) is 18.5. The molecule has 0 atom stereocenters. The van der Waals surface area contributed by atoms with Gasteiger partial charge in [0.2, 0.25) is 0 Å². The molecule has 0 aliphatic rings. The van der Waals surface area contributed by atoms with Gasteiger partial charge in [-0.25, -0.2) is 9.59 Å². The van der Waals surface area contributed by atoms with E-state index in [4.69, 9.17) is 9.84 Å². The van der Waals surface area contributed by atoms with Crippen LogP contribution in [0.2, 0.25) is 0 Å². The van der Waals surface area contributed by atoms with Crippen LogP contribution in [0.5, 0.6) is 0 Å². The maximum absolute atomic E-state index is 11.4. The molecule has 0 aliphatic carbocycles. The predicted octanol–water partition coefficient (Wildman–Crippen LogP) is 3.47. The van der Waals surface area contributed by atoms with E-state index in [1.807, 2.05) is 0 Å². The van der Waals surface area contributed by atoms with Crippen LogP contribution in [0.15, 0.2) is 12.2 Å². The molecule has 6 nitrogen and oxygen atoms in total. The van der Waals surface area contributed by atoms with E-state index in [0.717, 1.165) is 64.3 Å². The number of carboxylic acids is 1. The Hall–Kier alpha value is -1.56. The quantitative estimate of drug-likeness (QED) is 0.296. The number of carboxylic acid groups (broad SMARTS) is 1. The zero-order valence-electron chi connectivity index (χ0n) is 15.0. The van der Waals surface area contributed by atoms with Crippen LogP contribution in [-0.4, -0.2) is 43.4 Å². The summed E-state index contributed by atoms with van der Waals surface area (Å²) in [7, 11) is 0. The lowest BCUT2D eigenvalue weighted by atomic mass is 10.2. The topological polar surface area (TPSA) is 87.7 Å². The molecule has 0 radical (unpaired) electrons. The van der Waals surface area contributed by atoms with E-state index in [9.17, 15) is 9.59 Å². The molecule has 0 aromatic rings. The van der Waals surface area contributed by atoms with E-state index >= 15 is 0 Å². The first-order valence-electron chi connectivity index (χ1n) is 9.13. The van der Waals surface area contributed by atoms with Gasteiger partial charge in [-0.2, -0.15) is 0 Å². The first kappa shape index (κ1) is 22.4. The van der Waals surface area contributed by atoms with Crippen molar-refractivity contribution in [1.82, 2.24) is 10.6 Å². The molecule has 140 valence electrons. The van der Waals surface area contributed by atoms with Gasteiger partial charge in [0.05, 0.1) is 0 Å². The molecule has 0 aromatic carbocycles. The van der Waals surface area contributed by atoms with Gasteiger partial charge in [-0.1, -0.05) is 31.9 Å². The standard InChI is InChI=1S/C18H34N2O4/c1-2-3-10-13-19-18(23)20-14-11-8-6-4-5-7-9-12-15-24-16-17(21)22/h4-5H,2-3,6-16H2,1H3,(H,21,22)(H2,19,20,23)/b5-4-. The Balaban J connectivity index is 3.23. The summed E-state index contributed by atoms with van der Waals surface area (Å²) >= 11 is 0. The molecule has 0 spiro atoms. The Kier molecular flexibility index (Phi) is 16.6. The predicted molar refractivity (Wildman–Crippen MR) is 96.2 cm³/mol. The van der Waals surface area contributed by atoms with Crippen LogP contribution >= 0.6 is 0 Å². The van der Waals surface area contributed by atoms with Crippen LogP contribution in [0, 0.1) is 0 Å². The van der Waals surface area contributed by atoms with Crippen molar-refractivity contribution in [2.75, 3.05) is 26.3 Å². The highest BCUT2D eigenvalue weighted by atomic mass is 16.5. The van der Waals surface area contributed by atoms with Gasteiger partial charge >= 0.3 is 12.0 Å². The van der Waals surface area contributed by atoms with Gasteiger partial charge in [-0.05, 0) is 44.9 Å². The number of hydrogen-bond donors (Lipinski definition) is 3. The smallest absolute Gasteiger partial charge is 0.329 e. The van der Waals surface area contributed by atoms with Gasteiger partial charge < -0.3 is 20.5 Å². The number of urea groups is 1. The van der Waals surface area contributed by atoms with Crippen LogP contribution in [0.3, 0.4) is 0 Å². The minimum Gasteiger partial charge on any atom is -0.480 e. The molecule has 0 bridgehead atoms. The molecule has 2 amide bonds. The zero-order valence-corrected chi connectivity index (χ0v) is 15.0. The zero-order chi connectivity index (χ0) is 17.9. The fourth-order valence-electron chi connectivity index (χ4n) is 2.09. The van der Waals surface area contributed by atoms with E-state index in [-0.39, 0.29) is 12.6 Å². The normalized spacial score (nSPS) is 10.9. The Morgan fingerprint density at radius 1 is 0.917 bits per heavy atom. The van der Waals surface area contributed by atoms with E-state index < -0.39 is 5.97 Å². The Morgan fingerprint density at radius 3 is 2.08 bits per heavy atom. The molecule has 0 unspecified atom stereocenters. The monoisotopic (exact) mass is 342 g/mol. The summed E-state index contributed by atoms with van der Waals surface area (Å²) in [6.45, 7) is 3.91. The molecule has 6 heteroatoms. The molecule has 3 N–H and O–H groups in total. The number of amides is 2. The summed E-state index contributed by atoms with van der Waals surface area (Å²) < 4.78 is 4.96. The summed E-state index contributed by atoms with van der Waals surface area (Å²) in [6, 6.07) is -0.0632. The number of aliphatic carboxylic acids is 1. The highest BCUT2D eigenvalue weighted by Gasteiger charge is 1.97. The summed E-state index contributed by atoms with van der Waals surface area (Å²) in [5.41, 5.74) is 0. The number of nitrogens with one attached hydrogen (secondary N) is 2. The van der Waals surface area contributed by atoms with Crippen LogP contribution in [-0.2, 0) is 9.53 Å². The first-order chi connectivity index (χ1) is 11.7. The summed E-state index contributed by atoms with van der Waals surface area (Å²) in [5, 5.41) is 14.1. The molecule has 0 saturated carbocycles. The first-order valence-corrected chi connectivity index (χ1v) is 9.13. The molecule has 0 rings (SSSR count). The van der Waals surface area contributed by atoms with Gasteiger partial charge in [0.25, 0.3) is 0 Å². The van der Waals surface area contributed by atoms with E-state index in [0.29, 0.717) is 13.2 Å². The maximum Gasteiger partial charge on any atom is 0.329 e. The molecule has 0 aliphatic heterocycles. The van der Waals surface area contributed by atoms with E-state index in [2.05, 4.69) is 29.7 Å². The number of hydrogen-bond acceptors (Lipinski definition) is 3. The van der Waals surface area contributed by atoms with Crippen molar-refractivity contribution in [3.8, 4) is 0 Å². The van der Waals surface area contributed by atoms with Crippen molar-refractivity contribution in [1.29, 1.82) is 0 Å². The maximum atomic E-state index is 11.4. The molecule has 0 aromatic heterocycles. The van der Waals surface area contributed by atoms with Gasteiger partial charge in [0.15, 0.2) is 0 Å². The molecule has 24 heavy (non-hydrogen) atoms. The van der Waals surface area contributed by atoms with Gasteiger partial charge in [-0.3, -0.25) is 0 Å². The lowest BCUT2D eigenvalue weighted by Crippen LogP contribution is -2.36. The number of carbonyl (C=O) groups excluding carboxylic acids is 1. The lowest BCUT2D eigenvalue weighted by molar-refractivity contribution is -0.142. The van der Waals surface area contributed by atoms with Crippen molar-refractivity contribution < 1.29 is 19.4 Å². The van der Waals surface area contributed by atoms with Crippen LogP contribution < -0.4 is 10.6 Å². The van der Waals surface area contributed by atoms with Crippen molar-refractivity contribution in [3.05, 3.63) is 12.2 Å². The molecule has 0 heterocycles. The van der Waals surface area contributed by atoms with Crippen molar-refractivity contribution in [3.63, 3.8) is 0 Å². The fourth-order valence-corrected chi connectivity index (χ4v) is 2.09. The number of rotatable bonds is 16. The second-order valence-corrected chi connectivity index (χ2v) is 5.80. The second-order valence-electron chi connectivity index (χ2n) is 5.80. The van der Waals surface area contributed by atoms with E-state index in [1.165, 1.54) is 0 Å². The molecule has 0 fully saturated rings. The highest BCUT2D eigenvalue weighted by Crippen LogP contribution is 2.01. The Morgan fingerprint density at radius 2 is 1.50 bits per heavy atom. The largest absolute Gasteiger partial charge is 0.480 e. The van der Waals surface area contributed by atoms with Crippen molar-refractivity contribution in [2.24, 2.45) is 0 Å². The van der Waals surface area contributed by atoms with Crippen LogP contribution in [0.1, 0.15) is 64.7 Å². The Bertz CT molecular complexity index is 346. The average molecular weight is 342 g/mol. The van der Waals surface area contributed by atoms with Crippen LogP contribution in [0.4, 0.5) is 4.79 Å². The van der Waals surface area contributed by atoms with Gasteiger partial charge in [0, 0.05) is 19.7 Å². The fraction of sp³-hybridized carbons (Fsp3) is 0.778. The van der Waals surface area contributed by atoms with Crippen molar-refractivity contribution in [2.45, 2.75) is 64.7 Å². The lowest BCUT2D eigenvalue weighted by Gasteiger charge is -2.06. The summed E-state index contributed by atoms with van der Waals surface area (Å²) in [4.78, 5) is 21.7. The minimum absolute atomic E-state index is 0.0632. The molecular formula is C18H34N2O4. The SMILES string of the molecule is CCCCCNC(=O)NCCCC/C=C\CCCCOCC(=O)O. The average Bonchev–Trinajstić information content (AvgIpc) is 2.55. The third-order valence-electron chi connectivity index (χ3n) is 3.45. The minimum atomic E-state index is -0.918. The number of ether oxygens (including phenoxy) is 1. The van der Waals surface area contributed by atoms with Gasteiger partial charge in [-0.15, -0.1) is 0 Å². The van der Waals surface area contributed by atoms with Crippen LogP contribution in [0.25, 0.3) is 0 Å². The third-order valence-corrected chi connectivity index (χ3v) is 3.45. The van der Waals surface area contributed by atoms with Crippen molar-refractivity contribution >= 4 is 12.0 Å². The molecule has 0 saturated heterocycles. The Labute approximate surface area is 146 Å². The highest BCUT2D eigenvalue weighted by molar-refractivity contribution is 5.73. The summed E-state index contributed by atoms with van der Waals surface area (Å²) in [5.74, 6) is -0.918. The summed E-state index contributed by atoms with van der Waals surface area (Å²) in [6.07, 6.45) is 13.6. The van der Waals surface area contributed by atoms with Gasteiger partial charge in [0.1, 0.15) is 6.61 Å². The van der Waals surface area contributed by atoms with E-state index in [1.54, 1.807) is 0 Å². The number of unbranched alkanes of at least 4 members (excludes halogenated alkanes) is 6. The number of carbonyl (C=O) groups is 2.